The third-order valence-corrected chi connectivity index (χ3v) is 3.33. The molecular formula is C13H15N3O2S. The van der Waals surface area contributed by atoms with Crippen LogP contribution in [-0.4, -0.2) is 17.4 Å². The van der Waals surface area contributed by atoms with E-state index in [1.165, 1.54) is 0 Å². The second-order valence-electron chi connectivity index (χ2n) is 3.84. The second-order valence-corrected chi connectivity index (χ2v) is 4.95. The van der Waals surface area contributed by atoms with Crippen LogP contribution in [0.2, 0.25) is 0 Å². The zero-order chi connectivity index (χ0) is 13.7. The number of anilines is 1. The minimum absolute atomic E-state index is 0.440. The predicted octanol–water partition coefficient (Wildman–Crippen LogP) is 2.25. The van der Waals surface area contributed by atoms with Crippen LogP contribution in [0.25, 0.3) is 0 Å². The van der Waals surface area contributed by atoms with Gasteiger partial charge in [0.2, 0.25) is 5.91 Å². The number of nitrogens with zero attached hydrogens (tertiary/aromatic N) is 1. The molecule has 0 atom stereocenters. The fraction of sp³-hybridized carbons (Fsp3) is 0.231. The third-order valence-electron chi connectivity index (χ3n) is 2.40. The average Bonchev–Trinajstić information content (AvgIpc) is 2.85. The van der Waals surface area contributed by atoms with Gasteiger partial charge in [0.1, 0.15) is 12.4 Å². The van der Waals surface area contributed by atoms with E-state index in [4.69, 9.17) is 10.5 Å². The number of hydrogen-bond acceptors (Lipinski definition) is 5. The molecule has 0 spiro atoms. The third kappa shape index (κ3) is 3.69. The van der Waals surface area contributed by atoms with Gasteiger partial charge in [-0.15, -0.1) is 0 Å². The first kappa shape index (κ1) is 13.4. The number of benzene rings is 1. The van der Waals surface area contributed by atoms with Crippen LogP contribution in [0.3, 0.4) is 0 Å². The van der Waals surface area contributed by atoms with Crippen molar-refractivity contribution < 1.29 is 9.53 Å². The summed E-state index contributed by atoms with van der Waals surface area (Å²) in [5, 5.41) is 4.04. The van der Waals surface area contributed by atoms with Crippen molar-refractivity contribution in [3.05, 3.63) is 40.9 Å². The molecular weight excluding hydrogens is 262 g/mol. The van der Waals surface area contributed by atoms with E-state index < -0.39 is 5.91 Å². The van der Waals surface area contributed by atoms with Crippen molar-refractivity contribution in [2.24, 2.45) is 5.73 Å². The Bertz CT molecular complexity index is 551. The van der Waals surface area contributed by atoms with Crippen molar-refractivity contribution in [1.29, 1.82) is 0 Å². The van der Waals surface area contributed by atoms with Crippen LogP contribution in [0.15, 0.2) is 30.5 Å². The van der Waals surface area contributed by atoms with Gasteiger partial charge in [-0.05, 0) is 31.2 Å². The lowest BCUT2D eigenvalue weighted by Crippen LogP contribution is -2.10. The average molecular weight is 277 g/mol. The van der Waals surface area contributed by atoms with Crippen molar-refractivity contribution in [1.82, 2.24) is 4.98 Å². The highest BCUT2D eigenvalue weighted by molar-refractivity contribution is 7.15. The molecule has 0 aliphatic carbocycles. The quantitative estimate of drug-likeness (QED) is 0.849. The Morgan fingerprint density at radius 2 is 2.16 bits per heavy atom. The van der Waals surface area contributed by atoms with Gasteiger partial charge in [0.15, 0.2) is 5.13 Å². The standard InChI is InChI=1S/C13H15N3O2S/c1-2-15-13-16-7-11(19-13)8-18-10-5-3-9(4-6-10)12(14)17/h3-7H,2,8H2,1H3,(H2,14,17)(H,15,16). The topological polar surface area (TPSA) is 77.2 Å². The van der Waals surface area contributed by atoms with Gasteiger partial charge in [-0.2, -0.15) is 0 Å². The molecule has 0 bridgehead atoms. The van der Waals surface area contributed by atoms with Crippen LogP contribution in [0.5, 0.6) is 5.75 Å². The molecule has 1 amide bonds. The summed E-state index contributed by atoms with van der Waals surface area (Å²) >= 11 is 1.56. The normalized spacial score (nSPS) is 10.2. The number of carbonyl (C=O) groups is 1. The maximum Gasteiger partial charge on any atom is 0.248 e. The van der Waals surface area contributed by atoms with Gasteiger partial charge >= 0.3 is 0 Å². The van der Waals surface area contributed by atoms with E-state index in [1.807, 2.05) is 6.92 Å². The van der Waals surface area contributed by atoms with Crippen molar-refractivity contribution in [2.45, 2.75) is 13.5 Å². The molecule has 1 aromatic heterocycles. The van der Waals surface area contributed by atoms with Crippen LogP contribution >= 0.6 is 11.3 Å². The Hall–Kier alpha value is -2.08. The van der Waals surface area contributed by atoms with E-state index in [2.05, 4.69) is 10.3 Å². The van der Waals surface area contributed by atoms with Crippen molar-refractivity contribution in [3.8, 4) is 5.75 Å². The number of rotatable bonds is 6. The van der Waals surface area contributed by atoms with Gasteiger partial charge < -0.3 is 15.8 Å². The van der Waals surface area contributed by atoms with E-state index >= 15 is 0 Å². The lowest BCUT2D eigenvalue weighted by Gasteiger charge is -2.04. The predicted molar refractivity (Wildman–Crippen MR) is 75.6 cm³/mol. The lowest BCUT2D eigenvalue weighted by atomic mass is 10.2. The molecule has 0 aliphatic heterocycles. The molecule has 6 heteroatoms. The number of hydrogen-bond donors (Lipinski definition) is 2. The Morgan fingerprint density at radius 3 is 2.79 bits per heavy atom. The Labute approximate surface area is 115 Å². The molecule has 2 rings (SSSR count). The SMILES string of the molecule is CCNc1ncc(COc2ccc(C(N)=O)cc2)s1. The van der Waals surface area contributed by atoms with E-state index in [9.17, 15) is 4.79 Å². The summed E-state index contributed by atoms with van der Waals surface area (Å²) in [6.07, 6.45) is 1.79. The number of nitrogens with one attached hydrogen (secondary N) is 1. The molecule has 0 fully saturated rings. The minimum atomic E-state index is -0.440. The Morgan fingerprint density at radius 1 is 1.42 bits per heavy atom. The van der Waals surface area contributed by atoms with Crippen molar-refractivity contribution in [3.63, 3.8) is 0 Å². The number of ether oxygens (including phenoxy) is 1. The van der Waals surface area contributed by atoms with E-state index in [0.29, 0.717) is 17.9 Å². The number of nitrogens with two attached hydrogens (primary N) is 1. The van der Waals surface area contributed by atoms with Crippen molar-refractivity contribution >= 4 is 22.4 Å². The molecule has 5 nitrogen and oxygen atoms in total. The highest BCUT2D eigenvalue weighted by atomic mass is 32.1. The zero-order valence-electron chi connectivity index (χ0n) is 10.6. The summed E-state index contributed by atoms with van der Waals surface area (Å²) < 4.78 is 5.61. The zero-order valence-corrected chi connectivity index (χ0v) is 11.4. The number of aromatic nitrogens is 1. The van der Waals surface area contributed by atoms with Crippen LogP contribution in [0, 0.1) is 0 Å². The fourth-order valence-corrected chi connectivity index (χ4v) is 2.27. The second kappa shape index (κ2) is 6.19. The highest BCUT2D eigenvalue weighted by Crippen LogP contribution is 2.20. The summed E-state index contributed by atoms with van der Waals surface area (Å²) in [4.78, 5) is 16.2. The highest BCUT2D eigenvalue weighted by Gasteiger charge is 2.03. The molecule has 0 unspecified atom stereocenters. The molecule has 0 aliphatic rings. The van der Waals surface area contributed by atoms with Gasteiger partial charge in [-0.3, -0.25) is 4.79 Å². The monoisotopic (exact) mass is 277 g/mol. The van der Waals surface area contributed by atoms with E-state index in [1.54, 1.807) is 41.8 Å². The van der Waals surface area contributed by atoms with E-state index in [0.717, 1.165) is 16.6 Å². The molecule has 19 heavy (non-hydrogen) atoms. The Balaban J connectivity index is 1.92. The first-order chi connectivity index (χ1) is 9.19. The molecule has 0 saturated heterocycles. The summed E-state index contributed by atoms with van der Waals surface area (Å²) in [6.45, 7) is 3.33. The molecule has 2 aromatic rings. The van der Waals surface area contributed by atoms with Gasteiger partial charge in [0.25, 0.3) is 0 Å². The number of primary amides is 1. The first-order valence-electron chi connectivity index (χ1n) is 5.90. The molecule has 1 aromatic carbocycles. The van der Waals surface area contributed by atoms with E-state index in [-0.39, 0.29) is 0 Å². The molecule has 0 radical (unpaired) electrons. The summed E-state index contributed by atoms with van der Waals surface area (Å²) in [7, 11) is 0. The van der Waals surface area contributed by atoms with Gasteiger partial charge in [0.05, 0.1) is 4.88 Å². The van der Waals surface area contributed by atoms with Crippen molar-refractivity contribution in [2.75, 3.05) is 11.9 Å². The lowest BCUT2D eigenvalue weighted by molar-refractivity contribution is 0.100. The number of thiazole rings is 1. The molecule has 100 valence electrons. The molecule has 0 saturated carbocycles. The maximum absolute atomic E-state index is 10.9. The molecule has 1 heterocycles. The van der Waals surface area contributed by atoms with Crippen LogP contribution in [0.4, 0.5) is 5.13 Å². The van der Waals surface area contributed by atoms with Gasteiger partial charge in [-0.25, -0.2) is 4.98 Å². The van der Waals surface area contributed by atoms with Crippen LogP contribution in [0.1, 0.15) is 22.2 Å². The van der Waals surface area contributed by atoms with Gasteiger partial charge in [0, 0.05) is 18.3 Å². The Kier molecular flexibility index (Phi) is 4.35. The summed E-state index contributed by atoms with van der Waals surface area (Å²) in [6, 6.07) is 6.75. The first-order valence-corrected chi connectivity index (χ1v) is 6.72. The van der Waals surface area contributed by atoms with Gasteiger partial charge in [-0.1, -0.05) is 11.3 Å². The summed E-state index contributed by atoms with van der Waals surface area (Å²) in [5.41, 5.74) is 5.64. The number of carbonyl (C=O) groups excluding carboxylic acids is 1. The number of amides is 1. The smallest absolute Gasteiger partial charge is 0.248 e. The molecule has 3 N–H and O–H groups in total. The minimum Gasteiger partial charge on any atom is -0.488 e. The fourth-order valence-electron chi connectivity index (χ4n) is 1.48. The maximum atomic E-state index is 10.9. The van der Waals surface area contributed by atoms with Crippen LogP contribution < -0.4 is 15.8 Å². The summed E-state index contributed by atoms with van der Waals surface area (Å²) in [5.74, 6) is 0.257. The largest absolute Gasteiger partial charge is 0.488 e. The van der Waals surface area contributed by atoms with Crippen LogP contribution in [-0.2, 0) is 6.61 Å².